The van der Waals surface area contributed by atoms with Crippen LogP contribution in [0.5, 0.6) is 5.75 Å². The molecule has 4 aromatic rings. The molecule has 0 amide bonds. The Morgan fingerprint density at radius 1 is 1.33 bits per heavy atom. The lowest BCUT2D eigenvalue weighted by Gasteiger charge is -2.07. The Morgan fingerprint density at radius 2 is 2.19 bits per heavy atom. The summed E-state index contributed by atoms with van der Waals surface area (Å²) in [4.78, 5) is 22.9. The van der Waals surface area contributed by atoms with E-state index in [0.717, 1.165) is 15.1 Å². The zero-order valence-corrected chi connectivity index (χ0v) is 15.8. The minimum absolute atomic E-state index is 0.0813. The predicted molar refractivity (Wildman–Crippen MR) is 107 cm³/mol. The maximum Gasteiger partial charge on any atom is 0.283 e. The van der Waals surface area contributed by atoms with Gasteiger partial charge in [-0.05, 0) is 18.4 Å². The summed E-state index contributed by atoms with van der Waals surface area (Å²) in [6.07, 6.45) is 4.15. The third-order valence-corrected chi connectivity index (χ3v) is 5.89. The van der Waals surface area contributed by atoms with E-state index in [4.69, 9.17) is 0 Å². The smallest absolute Gasteiger partial charge is 0.283 e. The Balaban J connectivity index is 1.83. The van der Waals surface area contributed by atoms with Gasteiger partial charge in [-0.3, -0.25) is 9.78 Å². The molecule has 0 saturated heterocycles. The van der Waals surface area contributed by atoms with E-state index in [1.54, 1.807) is 18.3 Å². The summed E-state index contributed by atoms with van der Waals surface area (Å²) in [5.41, 5.74) is 1.69. The van der Waals surface area contributed by atoms with Crippen molar-refractivity contribution in [3.05, 3.63) is 62.6 Å². The Bertz CT molecular complexity index is 1210. The van der Waals surface area contributed by atoms with Gasteiger partial charge in [-0.1, -0.05) is 6.07 Å². The van der Waals surface area contributed by atoms with Crippen molar-refractivity contribution in [1.82, 2.24) is 14.6 Å². The lowest BCUT2D eigenvalue weighted by molar-refractivity contribution is 0.280. The quantitative estimate of drug-likeness (QED) is 0.515. The topological polar surface area (TPSA) is 101 Å². The van der Waals surface area contributed by atoms with Crippen molar-refractivity contribution in [2.24, 2.45) is 5.10 Å². The van der Waals surface area contributed by atoms with Crippen LogP contribution in [0.15, 0.2) is 45.3 Å². The van der Waals surface area contributed by atoms with Gasteiger partial charge in [0, 0.05) is 33.1 Å². The Morgan fingerprint density at radius 3 is 2.93 bits per heavy atom. The van der Waals surface area contributed by atoms with Crippen LogP contribution in [0.3, 0.4) is 0 Å². The molecule has 0 fully saturated rings. The van der Waals surface area contributed by atoms with Crippen molar-refractivity contribution in [3.8, 4) is 16.2 Å². The molecule has 0 aliphatic rings. The first-order valence-electron chi connectivity index (χ1n) is 7.95. The number of hydrogen-bond donors (Lipinski definition) is 2. The van der Waals surface area contributed by atoms with Gasteiger partial charge in [-0.25, -0.2) is 4.98 Å². The first-order chi connectivity index (χ1) is 13.1. The molecule has 0 aromatic carbocycles. The molecule has 0 saturated carbocycles. The predicted octanol–water partition coefficient (Wildman–Crippen LogP) is 2.97. The molecule has 136 valence electrons. The van der Waals surface area contributed by atoms with E-state index in [1.807, 2.05) is 22.9 Å². The number of thiophene rings is 2. The molecule has 2 N–H and O–H groups in total. The molecule has 27 heavy (non-hydrogen) atoms. The maximum absolute atomic E-state index is 12.9. The molecule has 0 atom stereocenters. The molecule has 4 heterocycles. The van der Waals surface area contributed by atoms with Crippen LogP contribution >= 0.6 is 22.7 Å². The van der Waals surface area contributed by atoms with Crippen LogP contribution in [0, 0.1) is 6.92 Å². The Labute approximate surface area is 161 Å². The van der Waals surface area contributed by atoms with Crippen molar-refractivity contribution < 1.29 is 10.2 Å². The molecular formula is C18H14N4O3S2. The Kier molecular flexibility index (Phi) is 4.56. The molecule has 0 bridgehead atoms. The molecule has 0 aliphatic heterocycles. The summed E-state index contributed by atoms with van der Waals surface area (Å²) in [7, 11) is 0. The fraction of sp³-hybridized carbons (Fsp3) is 0.111. The van der Waals surface area contributed by atoms with E-state index in [0.29, 0.717) is 27.0 Å². The fourth-order valence-electron chi connectivity index (χ4n) is 2.66. The average molecular weight is 398 g/mol. The van der Waals surface area contributed by atoms with Crippen LogP contribution < -0.4 is 5.56 Å². The van der Waals surface area contributed by atoms with Crippen molar-refractivity contribution in [2.75, 3.05) is 0 Å². The molecule has 9 heteroatoms. The highest BCUT2D eigenvalue weighted by atomic mass is 32.1. The van der Waals surface area contributed by atoms with Gasteiger partial charge >= 0.3 is 0 Å². The first kappa shape index (κ1) is 17.5. The zero-order chi connectivity index (χ0) is 19.0. The second-order valence-corrected chi connectivity index (χ2v) is 7.54. The van der Waals surface area contributed by atoms with Crippen LogP contribution in [-0.4, -0.2) is 31.1 Å². The number of pyridine rings is 1. The second kappa shape index (κ2) is 7.03. The summed E-state index contributed by atoms with van der Waals surface area (Å²) in [6.45, 7) is 1.34. The highest BCUT2D eigenvalue weighted by Gasteiger charge is 2.14. The van der Waals surface area contributed by atoms with E-state index in [2.05, 4.69) is 15.1 Å². The van der Waals surface area contributed by atoms with Crippen molar-refractivity contribution in [1.29, 1.82) is 0 Å². The van der Waals surface area contributed by atoms with Crippen LogP contribution in [0.2, 0.25) is 0 Å². The number of rotatable bonds is 4. The van der Waals surface area contributed by atoms with Gasteiger partial charge in [0.25, 0.3) is 5.56 Å². The summed E-state index contributed by atoms with van der Waals surface area (Å²) in [5.74, 6) is -0.0813. The number of aryl methyl sites for hydroxylation is 1. The number of nitrogens with zero attached hydrogens (tertiary/aromatic N) is 4. The van der Waals surface area contributed by atoms with E-state index in [-0.39, 0.29) is 17.9 Å². The normalized spacial score (nSPS) is 11.6. The number of aromatic nitrogens is 3. The lowest BCUT2D eigenvalue weighted by Crippen LogP contribution is -2.17. The second-order valence-electron chi connectivity index (χ2n) is 5.73. The van der Waals surface area contributed by atoms with E-state index in [9.17, 15) is 15.0 Å². The summed E-state index contributed by atoms with van der Waals surface area (Å²) >= 11 is 2.96. The van der Waals surface area contributed by atoms with Gasteiger partial charge in [0.05, 0.1) is 23.9 Å². The summed E-state index contributed by atoms with van der Waals surface area (Å²) < 4.78 is 1.13. The van der Waals surface area contributed by atoms with Crippen LogP contribution in [0.4, 0.5) is 0 Å². The van der Waals surface area contributed by atoms with E-state index in [1.165, 1.54) is 30.1 Å². The highest BCUT2D eigenvalue weighted by molar-refractivity contribution is 7.18. The minimum Gasteiger partial charge on any atom is -0.505 e. The van der Waals surface area contributed by atoms with Gasteiger partial charge in [0.2, 0.25) is 0 Å². The standard InChI is InChI=1S/C18H14N4O3S2/c1-10-16(24)12(11(7-23)5-19-10)6-21-22-9-20-17-15(18(22)25)13(8-27-17)14-3-2-4-26-14/h2-6,8-9,23-24H,7H2,1H3/b21-6+. The lowest BCUT2D eigenvalue weighted by atomic mass is 10.1. The van der Waals surface area contributed by atoms with Crippen molar-refractivity contribution in [3.63, 3.8) is 0 Å². The van der Waals surface area contributed by atoms with E-state index >= 15 is 0 Å². The SMILES string of the molecule is Cc1ncc(CO)c(/C=N/n2cnc3scc(-c4cccs4)c3c2=O)c1O. The molecule has 4 rings (SSSR count). The fourth-order valence-corrected chi connectivity index (χ4v) is 4.38. The molecule has 7 nitrogen and oxygen atoms in total. The molecule has 0 radical (unpaired) electrons. The summed E-state index contributed by atoms with van der Waals surface area (Å²) in [6, 6.07) is 3.89. The monoisotopic (exact) mass is 398 g/mol. The molecule has 0 spiro atoms. The minimum atomic E-state index is -0.304. The third-order valence-electron chi connectivity index (χ3n) is 4.10. The van der Waals surface area contributed by atoms with Gasteiger partial charge in [0.1, 0.15) is 16.9 Å². The van der Waals surface area contributed by atoms with Crippen LogP contribution in [0.1, 0.15) is 16.8 Å². The summed E-state index contributed by atoms with van der Waals surface area (Å²) in [5, 5.41) is 28.2. The number of aliphatic hydroxyl groups excluding tert-OH is 1. The van der Waals surface area contributed by atoms with Crippen molar-refractivity contribution in [2.45, 2.75) is 13.5 Å². The molecular weight excluding hydrogens is 384 g/mol. The number of aromatic hydroxyl groups is 1. The number of aliphatic hydroxyl groups is 1. The molecule has 4 aromatic heterocycles. The first-order valence-corrected chi connectivity index (χ1v) is 9.71. The van der Waals surface area contributed by atoms with Gasteiger partial charge in [0.15, 0.2) is 0 Å². The highest BCUT2D eigenvalue weighted by Crippen LogP contribution is 2.33. The third kappa shape index (κ3) is 3.05. The molecule has 0 unspecified atom stereocenters. The maximum atomic E-state index is 12.9. The zero-order valence-electron chi connectivity index (χ0n) is 14.2. The average Bonchev–Trinajstić information content (AvgIpc) is 3.33. The van der Waals surface area contributed by atoms with Gasteiger partial charge in [-0.2, -0.15) is 9.78 Å². The molecule has 0 aliphatic carbocycles. The van der Waals surface area contributed by atoms with Gasteiger partial charge in [-0.15, -0.1) is 22.7 Å². The van der Waals surface area contributed by atoms with Gasteiger partial charge < -0.3 is 10.2 Å². The van der Waals surface area contributed by atoms with E-state index < -0.39 is 0 Å². The van der Waals surface area contributed by atoms with Crippen LogP contribution in [-0.2, 0) is 6.61 Å². The van der Waals surface area contributed by atoms with Crippen LogP contribution in [0.25, 0.3) is 20.7 Å². The number of hydrogen-bond acceptors (Lipinski definition) is 8. The largest absolute Gasteiger partial charge is 0.505 e. The van der Waals surface area contributed by atoms with Crippen molar-refractivity contribution >= 4 is 39.1 Å². The number of fused-ring (bicyclic) bond motifs is 1. The Hall–Kier alpha value is -2.88.